The van der Waals surface area contributed by atoms with Crippen LogP contribution in [-0.4, -0.2) is 36.2 Å². The van der Waals surface area contributed by atoms with Crippen molar-refractivity contribution in [3.05, 3.63) is 39.1 Å². The number of anilines is 1. The topological polar surface area (TPSA) is 79.4 Å². The van der Waals surface area contributed by atoms with Crippen LogP contribution in [0, 0.1) is 0 Å². The number of fused-ring (bicyclic) bond motifs is 1. The number of aromatic nitrogens is 1. The van der Waals surface area contributed by atoms with Crippen LogP contribution in [0.5, 0.6) is 0 Å². The van der Waals surface area contributed by atoms with E-state index in [0.29, 0.717) is 28.9 Å². The summed E-state index contributed by atoms with van der Waals surface area (Å²) in [5, 5.41) is 3.23. The Kier molecular flexibility index (Phi) is 5.30. The van der Waals surface area contributed by atoms with Gasteiger partial charge in [0.2, 0.25) is 5.91 Å². The maximum atomic E-state index is 12.9. The lowest BCUT2D eigenvalue weighted by Gasteiger charge is -2.22. The molecule has 0 saturated carbocycles. The Balaban J connectivity index is 1.58. The number of hydrogen-bond acceptors (Lipinski definition) is 6. The van der Waals surface area contributed by atoms with Gasteiger partial charge in [0.05, 0.1) is 14.6 Å². The number of rotatable bonds is 4. The fraction of sp³-hybridized carbons (Fsp3) is 0.250. The van der Waals surface area contributed by atoms with E-state index in [1.807, 2.05) is 18.2 Å². The number of amides is 1. The number of nitrogens with zero attached hydrogens (tertiary/aromatic N) is 2. The van der Waals surface area contributed by atoms with Crippen molar-refractivity contribution < 1.29 is 13.2 Å². The molecule has 4 rings (SSSR count). The van der Waals surface area contributed by atoms with E-state index in [0.717, 1.165) is 26.0 Å². The molecule has 1 aliphatic rings. The Morgan fingerprint density at radius 2 is 2.11 bits per heavy atom. The Labute approximate surface area is 177 Å². The summed E-state index contributed by atoms with van der Waals surface area (Å²) in [6.45, 7) is 0.307. The second kappa shape index (κ2) is 7.41. The number of para-hydroxylation sites is 1. The first-order valence-electron chi connectivity index (χ1n) is 7.99. The fourth-order valence-electron chi connectivity index (χ4n) is 3.00. The van der Waals surface area contributed by atoms with Crippen molar-refractivity contribution in [2.45, 2.75) is 23.1 Å². The molecule has 1 N–H and O–H groups in total. The van der Waals surface area contributed by atoms with E-state index < -0.39 is 16.1 Å². The predicted molar refractivity (Wildman–Crippen MR) is 112 cm³/mol. The molecule has 3 heterocycles. The molecule has 0 spiro atoms. The normalized spacial score (nSPS) is 18.2. The molecule has 6 nitrogen and oxygen atoms in total. The minimum absolute atomic E-state index is 0.149. The van der Waals surface area contributed by atoms with Crippen LogP contribution in [0.4, 0.5) is 5.13 Å². The van der Waals surface area contributed by atoms with Gasteiger partial charge in [0.25, 0.3) is 10.0 Å². The summed E-state index contributed by atoms with van der Waals surface area (Å²) in [7, 11) is -3.75. The van der Waals surface area contributed by atoms with Gasteiger partial charge in [-0.25, -0.2) is 13.4 Å². The van der Waals surface area contributed by atoms with Crippen molar-refractivity contribution in [3.8, 4) is 0 Å². The van der Waals surface area contributed by atoms with Gasteiger partial charge in [-0.3, -0.25) is 4.79 Å². The van der Waals surface area contributed by atoms with Gasteiger partial charge < -0.3 is 5.32 Å². The Morgan fingerprint density at radius 1 is 1.30 bits per heavy atom. The number of hydrogen-bond donors (Lipinski definition) is 1. The third kappa shape index (κ3) is 3.66. The van der Waals surface area contributed by atoms with Crippen molar-refractivity contribution >= 4 is 81.5 Å². The highest BCUT2D eigenvalue weighted by Crippen LogP contribution is 2.34. The number of benzene rings is 1. The zero-order valence-electron chi connectivity index (χ0n) is 13.7. The molecule has 0 radical (unpaired) electrons. The first-order valence-corrected chi connectivity index (χ1v) is 12.2. The first kappa shape index (κ1) is 19.3. The summed E-state index contributed by atoms with van der Waals surface area (Å²) in [5.74, 6) is -0.367. The fourth-order valence-corrected chi connectivity index (χ4v) is 7.75. The zero-order valence-corrected chi connectivity index (χ0v) is 18.5. The minimum Gasteiger partial charge on any atom is -0.301 e. The predicted octanol–water partition coefficient (Wildman–Crippen LogP) is 4.57. The number of carbonyl (C=O) groups is 1. The van der Waals surface area contributed by atoms with Crippen LogP contribution >= 0.6 is 50.2 Å². The van der Waals surface area contributed by atoms with E-state index in [2.05, 4.69) is 26.2 Å². The third-order valence-corrected chi connectivity index (χ3v) is 9.40. The molecule has 1 atom stereocenters. The van der Waals surface area contributed by atoms with Crippen LogP contribution in [0.15, 0.2) is 39.0 Å². The van der Waals surface area contributed by atoms with Gasteiger partial charge in [-0.1, -0.05) is 29.0 Å². The maximum absolute atomic E-state index is 12.9. The quantitative estimate of drug-likeness (QED) is 0.562. The Hall–Kier alpha value is -1.04. The average molecular weight is 507 g/mol. The highest BCUT2D eigenvalue weighted by Gasteiger charge is 2.40. The van der Waals surface area contributed by atoms with E-state index in [4.69, 9.17) is 11.6 Å². The molecule has 3 aromatic rings. The van der Waals surface area contributed by atoms with E-state index in [9.17, 15) is 13.2 Å². The molecule has 11 heteroatoms. The molecule has 2 aromatic heterocycles. The molecule has 1 unspecified atom stereocenters. The Morgan fingerprint density at radius 3 is 2.81 bits per heavy atom. The van der Waals surface area contributed by atoms with Gasteiger partial charge in [-0.2, -0.15) is 4.31 Å². The van der Waals surface area contributed by atoms with E-state index >= 15 is 0 Å². The maximum Gasteiger partial charge on any atom is 0.253 e. The van der Waals surface area contributed by atoms with Crippen molar-refractivity contribution in [2.75, 3.05) is 11.9 Å². The Bertz CT molecular complexity index is 1130. The smallest absolute Gasteiger partial charge is 0.253 e. The molecular weight excluding hydrogens is 494 g/mol. The average Bonchev–Trinajstić information content (AvgIpc) is 3.33. The van der Waals surface area contributed by atoms with Crippen LogP contribution in [0.1, 0.15) is 12.8 Å². The summed E-state index contributed by atoms with van der Waals surface area (Å²) in [4.78, 5) is 17.2. The lowest BCUT2D eigenvalue weighted by Crippen LogP contribution is -2.42. The molecule has 1 aromatic carbocycles. The van der Waals surface area contributed by atoms with Gasteiger partial charge >= 0.3 is 0 Å². The van der Waals surface area contributed by atoms with Gasteiger partial charge in [0, 0.05) is 11.0 Å². The summed E-state index contributed by atoms with van der Waals surface area (Å²) < 4.78 is 29.3. The first-order chi connectivity index (χ1) is 12.9. The second-order valence-corrected chi connectivity index (χ2v) is 11.6. The lowest BCUT2D eigenvalue weighted by atomic mass is 10.2. The van der Waals surface area contributed by atoms with E-state index in [1.54, 1.807) is 6.07 Å². The lowest BCUT2D eigenvalue weighted by molar-refractivity contribution is -0.119. The summed E-state index contributed by atoms with van der Waals surface area (Å²) in [5.41, 5.74) is 0.766. The second-order valence-electron chi connectivity index (χ2n) is 5.93. The molecule has 1 aliphatic heterocycles. The van der Waals surface area contributed by atoms with Crippen LogP contribution in [0.25, 0.3) is 10.2 Å². The van der Waals surface area contributed by atoms with Crippen molar-refractivity contribution in [1.29, 1.82) is 0 Å². The molecule has 1 saturated heterocycles. The number of thiazole rings is 1. The number of nitrogens with one attached hydrogen (secondary N) is 1. The van der Waals surface area contributed by atoms with Gasteiger partial charge in [-0.15, -0.1) is 11.3 Å². The van der Waals surface area contributed by atoms with Gasteiger partial charge in [-0.05, 0) is 53.0 Å². The number of carbonyl (C=O) groups excluding carboxylic acids is 1. The minimum atomic E-state index is -3.75. The molecule has 27 heavy (non-hydrogen) atoms. The van der Waals surface area contributed by atoms with Crippen molar-refractivity contribution in [1.82, 2.24) is 9.29 Å². The number of halogens is 2. The molecule has 1 amide bonds. The zero-order chi connectivity index (χ0) is 19.2. The molecule has 0 aliphatic carbocycles. The van der Waals surface area contributed by atoms with E-state index in [1.165, 1.54) is 21.7 Å². The van der Waals surface area contributed by atoms with Crippen LogP contribution in [0.2, 0.25) is 4.34 Å². The number of sulfonamides is 1. The largest absolute Gasteiger partial charge is 0.301 e. The van der Waals surface area contributed by atoms with Crippen LogP contribution < -0.4 is 5.32 Å². The van der Waals surface area contributed by atoms with Gasteiger partial charge in [0.15, 0.2) is 5.13 Å². The molecule has 1 fully saturated rings. The van der Waals surface area contributed by atoms with Gasteiger partial charge in [0.1, 0.15) is 10.3 Å². The molecule has 142 valence electrons. The highest BCUT2D eigenvalue weighted by molar-refractivity contribution is 9.10. The summed E-state index contributed by atoms with van der Waals surface area (Å²) >= 11 is 11.7. The van der Waals surface area contributed by atoms with Crippen molar-refractivity contribution in [3.63, 3.8) is 0 Å². The third-order valence-electron chi connectivity index (χ3n) is 4.22. The number of thiophene rings is 1. The standard InChI is InChI=1S/C16H13BrClN3O3S3/c17-9-3-1-5-11-14(9)19-16(25-11)20-15(22)10-4-2-8-21(10)27(23,24)13-7-6-12(18)26-13/h1,3,5-7,10H,2,4,8H2,(H,19,20,22). The SMILES string of the molecule is O=C(Nc1nc2c(Br)cccc2s1)C1CCCN1S(=O)(=O)c1ccc(Cl)s1. The summed E-state index contributed by atoms with van der Waals surface area (Å²) in [6.07, 6.45) is 1.10. The van der Waals surface area contributed by atoms with Crippen LogP contribution in [0.3, 0.4) is 0 Å². The van der Waals surface area contributed by atoms with Crippen LogP contribution in [-0.2, 0) is 14.8 Å². The molecular formula is C16H13BrClN3O3S3. The van der Waals surface area contributed by atoms with Crippen molar-refractivity contribution in [2.24, 2.45) is 0 Å². The monoisotopic (exact) mass is 505 g/mol. The summed E-state index contributed by atoms with van der Waals surface area (Å²) in [6, 6.07) is 7.95. The van der Waals surface area contributed by atoms with E-state index in [-0.39, 0.29) is 10.1 Å². The molecule has 0 bridgehead atoms. The highest BCUT2D eigenvalue weighted by atomic mass is 79.9.